The Morgan fingerprint density at radius 2 is 1.73 bits per heavy atom. The van der Waals surface area contributed by atoms with Crippen molar-refractivity contribution in [2.45, 2.75) is 24.7 Å². The molecule has 0 radical (unpaired) electrons. The topological polar surface area (TPSA) is 83.9 Å². The average Bonchev–Trinajstić information content (AvgIpc) is 2.61. The van der Waals surface area contributed by atoms with Gasteiger partial charge < -0.3 is 9.84 Å². The van der Waals surface area contributed by atoms with E-state index >= 15 is 0 Å². The summed E-state index contributed by atoms with van der Waals surface area (Å²) >= 11 is 3.27. The van der Waals surface area contributed by atoms with Gasteiger partial charge in [0.15, 0.2) is 0 Å². The van der Waals surface area contributed by atoms with Gasteiger partial charge >= 0.3 is 5.97 Å². The van der Waals surface area contributed by atoms with Crippen molar-refractivity contribution >= 4 is 37.6 Å². The molecular weight excluding hydrogens is 422 g/mol. The van der Waals surface area contributed by atoms with E-state index in [0.29, 0.717) is 18.0 Å². The summed E-state index contributed by atoms with van der Waals surface area (Å²) in [6.45, 7) is 2.40. The Labute approximate surface area is 161 Å². The highest BCUT2D eigenvalue weighted by atomic mass is 79.9. The lowest BCUT2D eigenvalue weighted by Crippen LogP contribution is -2.33. The van der Waals surface area contributed by atoms with Crippen molar-refractivity contribution in [3.8, 4) is 5.75 Å². The van der Waals surface area contributed by atoms with E-state index in [4.69, 9.17) is 9.84 Å². The number of ether oxygens (including phenoxy) is 1. The molecule has 26 heavy (non-hydrogen) atoms. The summed E-state index contributed by atoms with van der Waals surface area (Å²) in [6.07, 6.45) is 0.564. The molecule has 2 rings (SSSR count). The Kier molecular flexibility index (Phi) is 7.05. The Balaban J connectivity index is 2.36. The maximum Gasteiger partial charge on any atom is 0.305 e. The number of aliphatic carboxylic acids is 1. The van der Waals surface area contributed by atoms with Crippen molar-refractivity contribution in [2.24, 2.45) is 0 Å². The Morgan fingerprint density at radius 3 is 2.27 bits per heavy atom. The van der Waals surface area contributed by atoms with E-state index in [-0.39, 0.29) is 17.9 Å². The number of halogens is 1. The highest BCUT2D eigenvalue weighted by Gasteiger charge is 2.25. The lowest BCUT2D eigenvalue weighted by Gasteiger charge is -2.24. The van der Waals surface area contributed by atoms with Crippen LogP contribution in [0.4, 0.5) is 5.69 Å². The van der Waals surface area contributed by atoms with Gasteiger partial charge in [-0.3, -0.25) is 9.10 Å². The van der Waals surface area contributed by atoms with Gasteiger partial charge in [-0.2, -0.15) is 0 Å². The van der Waals surface area contributed by atoms with Crippen molar-refractivity contribution < 1.29 is 23.1 Å². The van der Waals surface area contributed by atoms with Gasteiger partial charge in [-0.15, -0.1) is 0 Å². The van der Waals surface area contributed by atoms with Crippen molar-refractivity contribution in [3.05, 3.63) is 53.0 Å². The van der Waals surface area contributed by atoms with E-state index in [0.717, 1.165) is 15.2 Å². The van der Waals surface area contributed by atoms with Gasteiger partial charge in [-0.05, 0) is 55.0 Å². The SMILES string of the molecule is CCCOc1ccc(N(CCC(=O)O)S(=O)(=O)c2ccc(Br)cc2)cc1. The standard InChI is InChI=1S/C18H20BrNO5S/c1-2-13-25-16-7-5-15(6-8-16)20(12-11-18(21)22)26(23,24)17-9-3-14(19)4-10-17/h3-10H,2,11-13H2,1H3,(H,21,22). The molecule has 0 atom stereocenters. The number of anilines is 1. The van der Waals surface area contributed by atoms with Crippen molar-refractivity contribution in [3.63, 3.8) is 0 Å². The molecule has 0 saturated carbocycles. The van der Waals surface area contributed by atoms with Crippen LogP contribution in [0.15, 0.2) is 57.9 Å². The van der Waals surface area contributed by atoms with Gasteiger partial charge in [0.1, 0.15) is 5.75 Å². The molecule has 0 amide bonds. The van der Waals surface area contributed by atoms with E-state index in [9.17, 15) is 13.2 Å². The average molecular weight is 442 g/mol. The largest absolute Gasteiger partial charge is 0.494 e. The van der Waals surface area contributed by atoms with Gasteiger partial charge in [0.25, 0.3) is 10.0 Å². The molecule has 0 heterocycles. The number of hydrogen-bond acceptors (Lipinski definition) is 4. The number of nitrogens with zero attached hydrogens (tertiary/aromatic N) is 1. The Bertz CT molecular complexity index is 835. The zero-order valence-corrected chi connectivity index (χ0v) is 16.7. The number of carboxylic acids is 1. The number of sulfonamides is 1. The summed E-state index contributed by atoms with van der Waals surface area (Å²) in [7, 11) is -3.89. The van der Waals surface area contributed by atoms with E-state index in [1.54, 1.807) is 36.4 Å². The van der Waals surface area contributed by atoms with Gasteiger partial charge in [0.2, 0.25) is 0 Å². The molecule has 0 fully saturated rings. The van der Waals surface area contributed by atoms with Crippen molar-refractivity contribution in [2.75, 3.05) is 17.5 Å². The minimum atomic E-state index is -3.89. The van der Waals surface area contributed by atoms with Gasteiger partial charge in [0, 0.05) is 11.0 Å². The number of carbonyl (C=O) groups is 1. The van der Waals surface area contributed by atoms with Crippen LogP contribution in [0.3, 0.4) is 0 Å². The number of carboxylic acid groups (broad SMARTS) is 1. The second kappa shape index (κ2) is 9.05. The predicted octanol–water partition coefficient (Wildman–Crippen LogP) is 3.91. The van der Waals surface area contributed by atoms with Gasteiger partial charge in [-0.1, -0.05) is 22.9 Å². The molecule has 140 valence electrons. The number of benzene rings is 2. The third-order valence-electron chi connectivity index (χ3n) is 3.53. The molecule has 1 N–H and O–H groups in total. The molecule has 2 aromatic rings. The third-order valence-corrected chi connectivity index (χ3v) is 5.90. The first-order chi connectivity index (χ1) is 12.3. The molecule has 0 saturated heterocycles. The van der Waals surface area contributed by atoms with Crippen LogP contribution in [0.5, 0.6) is 5.75 Å². The molecule has 6 nitrogen and oxygen atoms in total. The molecule has 0 aliphatic heterocycles. The van der Waals surface area contributed by atoms with Crippen LogP contribution in [0.2, 0.25) is 0 Å². The molecule has 0 bridgehead atoms. The molecule has 0 aliphatic carbocycles. The predicted molar refractivity (Wildman–Crippen MR) is 103 cm³/mol. The molecule has 2 aromatic carbocycles. The lowest BCUT2D eigenvalue weighted by atomic mass is 10.3. The van der Waals surface area contributed by atoms with Crippen LogP contribution in [0.1, 0.15) is 19.8 Å². The van der Waals surface area contributed by atoms with Crippen LogP contribution in [0.25, 0.3) is 0 Å². The van der Waals surface area contributed by atoms with E-state index in [1.807, 2.05) is 6.92 Å². The smallest absolute Gasteiger partial charge is 0.305 e. The fourth-order valence-corrected chi connectivity index (χ4v) is 3.98. The molecule has 8 heteroatoms. The maximum atomic E-state index is 13.0. The molecule has 0 unspecified atom stereocenters. The molecule has 0 aromatic heterocycles. The third kappa shape index (κ3) is 5.22. The second-order valence-corrected chi connectivity index (χ2v) is 8.30. The summed E-state index contributed by atoms with van der Waals surface area (Å²) in [6, 6.07) is 12.8. The first-order valence-corrected chi connectivity index (χ1v) is 10.3. The Morgan fingerprint density at radius 1 is 1.12 bits per heavy atom. The van der Waals surface area contributed by atoms with Crippen LogP contribution in [0, 0.1) is 0 Å². The second-order valence-electron chi connectivity index (χ2n) is 5.52. The minimum Gasteiger partial charge on any atom is -0.494 e. The maximum absolute atomic E-state index is 13.0. The van der Waals surface area contributed by atoms with E-state index < -0.39 is 16.0 Å². The number of hydrogen-bond donors (Lipinski definition) is 1. The summed E-state index contributed by atoms with van der Waals surface area (Å²) in [4.78, 5) is 11.1. The lowest BCUT2D eigenvalue weighted by molar-refractivity contribution is -0.136. The molecule has 0 aliphatic rings. The first-order valence-electron chi connectivity index (χ1n) is 8.07. The van der Waals surface area contributed by atoms with Crippen molar-refractivity contribution in [1.82, 2.24) is 0 Å². The molecule has 0 spiro atoms. The summed E-state index contributed by atoms with van der Waals surface area (Å²) < 4.78 is 33.4. The van der Waals surface area contributed by atoms with E-state index in [2.05, 4.69) is 15.9 Å². The zero-order valence-electron chi connectivity index (χ0n) is 14.3. The van der Waals surface area contributed by atoms with Gasteiger partial charge in [0.05, 0.1) is 23.6 Å². The fourth-order valence-electron chi connectivity index (χ4n) is 2.25. The Hall–Kier alpha value is -2.06. The van der Waals surface area contributed by atoms with Crippen LogP contribution in [-0.2, 0) is 14.8 Å². The normalized spacial score (nSPS) is 11.2. The van der Waals surface area contributed by atoms with Gasteiger partial charge in [-0.25, -0.2) is 8.42 Å². The van der Waals surface area contributed by atoms with Crippen LogP contribution >= 0.6 is 15.9 Å². The fraction of sp³-hybridized carbons (Fsp3) is 0.278. The summed E-state index contributed by atoms with van der Waals surface area (Å²) in [5.74, 6) is -0.432. The van der Waals surface area contributed by atoms with Crippen molar-refractivity contribution in [1.29, 1.82) is 0 Å². The molecular formula is C18H20BrNO5S. The van der Waals surface area contributed by atoms with Crippen LogP contribution < -0.4 is 9.04 Å². The summed E-state index contributed by atoms with van der Waals surface area (Å²) in [5, 5.41) is 8.98. The van der Waals surface area contributed by atoms with E-state index in [1.165, 1.54) is 12.1 Å². The number of rotatable bonds is 9. The summed E-state index contributed by atoms with van der Waals surface area (Å²) in [5.41, 5.74) is 0.387. The first kappa shape index (κ1) is 20.3. The minimum absolute atomic E-state index is 0.0948. The zero-order chi connectivity index (χ0) is 19.2. The monoisotopic (exact) mass is 441 g/mol. The highest BCUT2D eigenvalue weighted by molar-refractivity contribution is 9.10. The quantitative estimate of drug-likeness (QED) is 0.637. The highest BCUT2D eigenvalue weighted by Crippen LogP contribution is 2.27. The van der Waals surface area contributed by atoms with Crippen LogP contribution in [-0.4, -0.2) is 32.6 Å².